The van der Waals surface area contributed by atoms with Crippen LogP contribution in [0.5, 0.6) is 0 Å². The van der Waals surface area contributed by atoms with E-state index in [0.717, 1.165) is 33.2 Å². The number of hydrogen-bond donors (Lipinski definition) is 0. The fourth-order valence-electron chi connectivity index (χ4n) is 3.40. The van der Waals surface area contributed by atoms with Gasteiger partial charge in [-0.05, 0) is 34.0 Å². The smallest absolute Gasteiger partial charge is 0.228 e. The van der Waals surface area contributed by atoms with Crippen LogP contribution < -0.4 is 0 Å². The highest BCUT2D eigenvalue weighted by atomic mass is 16.3. The minimum absolute atomic E-state index is 0.653. The maximum absolute atomic E-state index is 6.11. The van der Waals surface area contributed by atoms with Crippen LogP contribution in [-0.2, 0) is 0 Å². The van der Waals surface area contributed by atoms with Crippen molar-refractivity contribution >= 4 is 34.0 Å². The molecule has 1 aromatic heterocycles. The van der Waals surface area contributed by atoms with Crippen LogP contribution in [0.1, 0.15) is 11.1 Å². The molecular weight excluding hydrogens is 330 g/mol. The van der Waals surface area contributed by atoms with E-state index in [1.165, 1.54) is 5.39 Å². The van der Waals surface area contributed by atoms with Crippen molar-refractivity contribution in [3.8, 4) is 11.5 Å². The summed E-state index contributed by atoms with van der Waals surface area (Å²) >= 11 is 0. The molecule has 0 radical (unpaired) electrons. The molecule has 2 nitrogen and oxygen atoms in total. The van der Waals surface area contributed by atoms with Gasteiger partial charge in [-0.2, -0.15) is 0 Å². The van der Waals surface area contributed by atoms with Gasteiger partial charge in [-0.15, -0.1) is 0 Å². The lowest BCUT2D eigenvalue weighted by atomic mass is 9.98. The Morgan fingerprint density at radius 3 is 2.33 bits per heavy atom. The van der Waals surface area contributed by atoms with Crippen molar-refractivity contribution in [2.45, 2.75) is 0 Å². The molecule has 2 heteroatoms. The fourth-order valence-corrected chi connectivity index (χ4v) is 3.40. The van der Waals surface area contributed by atoms with E-state index in [0.29, 0.717) is 5.89 Å². The van der Waals surface area contributed by atoms with Crippen LogP contribution in [0.3, 0.4) is 0 Å². The van der Waals surface area contributed by atoms with Gasteiger partial charge in [0.2, 0.25) is 5.89 Å². The second-order valence-corrected chi connectivity index (χ2v) is 6.48. The molecule has 128 valence electrons. The second kappa shape index (κ2) is 6.58. The molecule has 0 aliphatic heterocycles. The third kappa shape index (κ3) is 2.91. The van der Waals surface area contributed by atoms with Crippen molar-refractivity contribution in [1.82, 2.24) is 4.98 Å². The summed E-state index contributed by atoms with van der Waals surface area (Å²) in [5.74, 6) is 0.653. The lowest BCUT2D eigenvalue weighted by Crippen LogP contribution is -1.87. The zero-order chi connectivity index (χ0) is 18.1. The topological polar surface area (TPSA) is 26.0 Å². The average molecular weight is 347 g/mol. The van der Waals surface area contributed by atoms with Crippen LogP contribution in [0, 0.1) is 0 Å². The van der Waals surface area contributed by atoms with Gasteiger partial charge in [-0.1, -0.05) is 91.0 Å². The summed E-state index contributed by atoms with van der Waals surface area (Å²) in [7, 11) is 0. The van der Waals surface area contributed by atoms with Gasteiger partial charge in [0, 0.05) is 0 Å². The first-order valence-electron chi connectivity index (χ1n) is 8.99. The highest BCUT2D eigenvalue weighted by Gasteiger charge is 2.14. The number of oxazole rings is 1. The SMILES string of the molecule is C(=C\c1ccc2ccccc2c1-c1nc2ccccc2o1)/c1ccccc1. The Morgan fingerprint density at radius 2 is 1.44 bits per heavy atom. The van der Waals surface area contributed by atoms with Gasteiger partial charge in [0.15, 0.2) is 5.58 Å². The molecule has 0 atom stereocenters. The van der Waals surface area contributed by atoms with E-state index in [-0.39, 0.29) is 0 Å². The molecule has 4 aromatic carbocycles. The van der Waals surface area contributed by atoms with Gasteiger partial charge < -0.3 is 4.42 Å². The minimum atomic E-state index is 0.653. The van der Waals surface area contributed by atoms with Gasteiger partial charge in [0.1, 0.15) is 5.52 Å². The number of aromatic nitrogens is 1. The minimum Gasteiger partial charge on any atom is -0.436 e. The fraction of sp³-hybridized carbons (Fsp3) is 0. The molecule has 0 aliphatic rings. The summed E-state index contributed by atoms with van der Waals surface area (Å²) in [5.41, 5.74) is 4.95. The van der Waals surface area contributed by atoms with E-state index in [9.17, 15) is 0 Å². The Kier molecular flexibility index (Phi) is 3.80. The van der Waals surface area contributed by atoms with Gasteiger partial charge in [0.05, 0.1) is 5.56 Å². The summed E-state index contributed by atoms with van der Waals surface area (Å²) in [5, 5.41) is 2.31. The van der Waals surface area contributed by atoms with E-state index < -0.39 is 0 Å². The van der Waals surface area contributed by atoms with Crippen molar-refractivity contribution in [3.63, 3.8) is 0 Å². The zero-order valence-electron chi connectivity index (χ0n) is 14.7. The number of fused-ring (bicyclic) bond motifs is 2. The number of nitrogens with zero attached hydrogens (tertiary/aromatic N) is 1. The molecule has 0 N–H and O–H groups in total. The Morgan fingerprint density at radius 1 is 0.667 bits per heavy atom. The molecule has 5 aromatic rings. The Bertz CT molecular complexity index is 1230. The zero-order valence-corrected chi connectivity index (χ0v) is 14.7. The summed E-state index contributed by atoms with van der Waals surface area (Å²) in [6.45, 7) is 0. The number of hydrogen-bond acceptors (Lipinski definition) is 2. The molecule has 5 rings (SSSR count). The van der Waals surface area contributed by atoms with Gasteiger partial charge in [-0.3, -0.25) is 0 Å². The molecule has 0 unspecified atom stereocenters. The lowest BCUT2D eigenvalue weighted by Gasteiger charge is -2.08. The number of benzene rings is 4. The predicted octanol–water partition coefficient (Wildman–Crippen LogP) is 6.82. The van der Waals surface area contributed by atoms with Crippen LogP contribution in [-0.4, -0.2) is 4.98 Å². The summed E-state index contributed by atoms with van der Waals surface area (Å²) in [6, 6.07) is 30.8. The molecule has 0 saturated heterocycles. The molecule has 0 fully saturated rings. The van der Waals surface area contributed by atoms with Crippen LogP contribution >= 0.6 is 0 Å². The second-order valence-electron chi connectivity index (χ2n) is 6.48. The van der Waals surface area contributed by atoms with E-state index in [4.69, 9.17) is 9.40 Å². The Labute approximate surface area is 157 Å². The first-order valence-corrected chi connectivity index (χ1v) is 8.99. The van der Waals surface area contributed by atoms with Gasteiger partial charge in [0.25, 0.3) is 0 Å². The van der Waals surface area contributed by atoms with E-state index in [1.54, 1.807) is 0 Å². The first-order chi connectivity index (χ1) is 13.4. The van der Waals surface area contributed by atoms with Crippen LogP contribution in [0.4, 0.5) is 0 Å². The number of para-hydroxylation sites is 2. The van der Waals surface area contributed by atoms with E-state index >= 15 is 0 Å². The van der Waals surface area contributed by atoms with Crippen LogP contribution in [0.25, 0.3) is 45.5 Å². The van der Waals surface area contributed by atoms with Crippen molar-refractivity contribution < 1.29 is 4.42 Å². The molecular formula is C25H17NO. The molecule has 1 heterocycles. The molecule has 0 amide bonds. The molecule has 0 aliphatic carbocycles. The van der Waals surface area contributed by atoms with Crippen LogP contribution in [0.15, 0.2) is 95.4 Å². The molecule has 27 heavy (non-hydrogen) atoms. The normalized spacial score (nSPS) is 11.6. The quantitative estimate of drug-likeness (QED) is 0.335. The monoisotopic (exact) mass is 347 g/mol. The first kappa shape index (κ1) is 15.6. The van der Waals surface area contributed by atoms with Gasteiger partial charge in [-0.25, -0.2) is 4.98 Å². The average Bonchev–Trinajstić information content (AvgIpc) is 3.16. The molecule has 0 bridgehead atoms. The van der Waals surface area contributed by atoms with Gasteiger partial charge >= 0.3 is 0 Å². The molecule has 0 spiro atoms. The number of rotatable bonds is 3. The standard InChI is InChI=1S/C25H17NO/c1-2-8-18(9-3-1)14-15-20-17-16-19-10-4-5-11-21(19)24(20)25-26-22-12-6-7-13-23(22)27-25/h1-17H/b15-14+. The van der Waals surface area contributed by atoms with Crippen molar-refractivity contribution in [1.29, 1.82) is 0 Å². The Hall–Kier alpha value is -3.65. The van der Waals surface area contributed by atoms with Crippen LogP contribution in [0.2, 0.25) is 0 Å². The maximum Gasteiger partial charge on any atom is 0.228 e. The molecule has 0 saturated carbocycles. The Balaban J connectivity index is 1.73. The highest BCUT2D eigenvalue weighted by molar-refractivity contribution is 6.00. The van der Waals surface area contributed by atoms with E-state index in [1.807, 2.05) is 42.5 Å². The maximum atomic E-state index is 6.11. The van der Waals surface area contributed by atoms with Crippen molar-refractivity contribution in [3.05, 3.63) is 102 Å². The van der Waals surface area contributed by atoms with E-state index in [2.05, 4.69) is 60.7 Å². The van der Waals surface area contributed by atoms with Crippen molar-refractivity contribution in [2.24, 2.45) is 0 Å². The predicted molar refractivity (Wildman–Crippen MR) is 112 cm³/mol. The summed E-state index contributed by atoms with van der Waals surface area (Å²) in [6.07, 6.45) is 4.25. The lowest BCUT2D eigenvalue weighted by molar-refractivity contribution is 0.620. The summed E-state index contributed by atoms with van der Waals surface area (Å²) < 4.78 is 6.11. The third-order valence-corrected chi connectivity index (χ3v) is 4.72. The summed E-state index contributed by atoms with van der Waals surface area (Å²) in [4.78, 5) is 4.75. The third-order valence-electron chi connectivity index (χ3n) is 4.72. The van der Waals surface area contributed by atoms with Crippen molar-refractivity contribution in [2.75, 3.05) is 0 Å². The highest BCUT2D eigenvalue weighted by Crippen LogP contribution is 2.34. The largest absolute Gasteiger partial charge is 0.436 e.